The van der Waals surface area contributed by atoms with Crippen molar-refractivity contribution in [3.05, 3.63) is 65.6 Å². The van der Waals surface area contributed by atoms with E-state index in [2.05, 4.69) is 25.4 Å². The maximum Gasteiger partial charge on any atom is 0.316 e. The van der Waals surface area contributed by atoms with Gasteiger partial charge in [-0.25, -0.2) is 9.37 Å². The third-order valence-electron chi connectivity index (χ3n) is 4.81. The first-order valence-corrected chi connectivity index (χ1v) is 9.33. The van der Waals surface area contributed by atoms with Crippen LogP contribution in [0, 0.1) is 12.7 Å². The van der Waals surface area contributed by atoms with Crippen LogP contribution in [0.3, 0.4) is 0 Å². The lowest BCUT2D eigenvalue weighted by Gasteiger charge is -1.99. The Bertz CT molecular complexity index is 1380. The van der Waals surface area contributed by atoms with Gasteiger partial charge in [0.1, 0.15) is 17.2 Å². The Labute approximate surface area is 169 Å². The molecule has 0 unspecified atom stereocenters. The molecule has 2 aromatic carbocycles. The minimum absolute atomic E-state index is 0.156. The molecule has 8 nitrogen and oxygen atoms in total. The number of aromatic nitrogens is 4. The van der Waals surface area contributed by atoms with Gasteiger partial charge in [0.15, 0.2) is 5.76 Å². The minimum Gasteiger partial charge on any atom is -0.452 e. The summed E-state index contributed by atoms with van der Waals surface area (Å²) in [4.78, 5) is 23.9. The highest BCUT2D eigenvalue weighted by Crippen LogP contribution is 2.31. The van der Waals surface area contributed by atoms with Crippen molar-refractivity contribution in [3.8, 4) is 11.6 Å². The number of carbonyl (C=O) groups excluding carboxylic acids is 1. The molecule has 0 fully saturated rings. The molecule has 150 valence electrons. The first-order valence-electron chi connectivity index (χ1n) is 9.33. The lowest BCUT2D eigenvalue weighted by atomic mass is 10.1. The number of hydrogen-bond donors (Lipinski definition) is 2. The number of furan rings is 1. The van der Waals surface area contributed by atoms with E-state index in [0.29, 0.717) is 41.2 Å². The number of rotatable bonds is 5. The maximum absolute atomic E-state index is 13.3. The van der Waals surface area contributed by atoms with E-state index in [1.807, 2.05) is 31.2 Å². The van der Waals surface area contributed by atoms with Crippen LogP contribution in [0.25, 0.3) is 33.6 Å². The Balaban J connectivity index is 1.26. The van der Waals surface area contributed by atoms with Crippen LogP contribution in [0.4, 0.5) is 4.39 Å². The number of amides is 1. The molecule has 3 heterocycles. The van der Waals surface area contributed by atoms with Gasteiger partial charge in [-0.1, -0.05) is 23.4 Å². The second-order valence-electron chi connectivity index (χ2n) is 6.83. The zero-order chi connectivity index (χ0) is 20.7. The molecule has 5 rings (SSSR count). The molecular formula is C21H16FN5O3. The number of aryl methyl sites for hydroxylation is 1. The summed E-state index contributed by atoms with van der Waals surface area (Å²) in [6.07, 6.45) is 0.436. The highest BCUT2D eigenvalue weighted by atomic mass is 19.1. The third kappa shape index (κ3) is 3.20. The molecule has 0 spiro atoms. The lowest BCUT2D eigenvalue weighted by Crippen LogP contribution is -2.26. The van der Waals surface area contributed by atoms with Crippen molar-refractivity contribution in [1.82, 2.24) is 25.4 Å². The van der Waals surface area contributed by atoms with Crippen LogP contribution in [0.15, 0.2) is 51.4 Å². The quantitative estimate of drug-likeness (QED) is 0.460. The van der Waals surface area contributed by atoms with Crippen LogP contribution < -0.4 is 5.32 Å². The van der Waals surface area contributed by atoms with Crippen LogP contribution in [0.1, 0.15) is 22.1 Å². The number of halogens is 1. The van der Waals surface area contributed by atoms with Crippen molar-refractivity contribution < 1.29 is 18.1 Å². The van der Waals surface area contributed by atoms with Crippen molar-refractivity contribution in [2.45, 2.75) is 13.3 Å². The van der Waals surface area contributed by atoms with E-state index >= 15 is 0 Å². The lowest BCUT2D eigenvalue weighted by molar-refractivity contribution is 0.0910. The van der Waals surface area contributed by atoms with Crippen LogP contribution in [0.2, 0.25) is 0 Å². The highest BCUT2D eigenvalue weighted by molar-refractivity contribution is 5.90. The van der Waals surface area contributed by atoms with E-state index in [4.69, 9.17) is 8.94 Å². The van der Waals surface area contributed by atoms with Crippen molar-refractivity contribution in [2.75, 3.05) is 6.54 Å². The van der Waals surface area contributed by atoms with Crippen molar-refractivity contribution in [2.24, 2.45) is 0 Å². The predicted octanol–water partition coefficient (Wildman–Crippen LogP) is 3.78. The van der Waals surface area contributed by atoms with Gasteiger partial charge in [0, 0.05) is 23.9 Å². The van der Waals surface area contributed by atoms with Gasteiger partial charge in [-0.2, -0.15) is 4.98 Å². The average molecular weight is 405 g/mol. The third-order valence-corrected chi connectivity index (χ3v) is 4.81. The predicted molar refractivity (Wildman–Crippen MR) is 106 cm³/mol. The number of benzene rings is 2. The number of para-hydroxylation sites is 1. The molecule has 0 saturated carbocycles. The maximum atomic E-state index is 13.3. The Hall–Kier alpha value is -4.01. The number of carbonyl (C=O) groups is 1. The monoisotopic (exact) mass is 405 g/mol. The number of nitrogens with one attached hydrogen (secondary N) is 2. The number of hydrogen-bond acceptors (Lipinski definition) is 6. The van der Waals surface area contributed by atoms with E-state index in [0.717, 1.165) is 10.9 Å². The molecule has 0 saturated heterocycles. The molecule has 5 aromatic rings. The van der Waals surface area contributed by atoms with E-state index in [-0.39, 0.29) is 17.5 Å². The Kier molecular flexibility index (Phi) is 4.27. The summed E-state index contributed by atoms with van der Waals surface area (Å²) in [6.45, 7) is 2.19. The first kappa shape index (κ1) is 18.0. The zero-order valence-corrected chi connectivity index (χ0v) is 15.9. The molecule has 0 atom stereocenters. The Morgan fingerprint density at radius 2 is 2.07 bits per heavy atom. The molecule has 1 amide bonds. The van der Waals surface area contributed by atoms with Gasteiger partial charge in [-0.3, -0.25) is 4.79 Å². The summed E-state index contributed by atoms with van der Waals surface area (Å²) in [5.41, 5.74) is 2.87. The highest BCUT2D eigenvalue weighted by Gasteiger charge is 2.21. The molecule has 0 aliphatic carbocycles. The average Bonchev–Trinajstić information content (AvgIpc) is 3.45. The molecule has 30 heavy (non-hydrogen) atoms. The first-order chi connectivity index (χ1) is 14.6. The van der Waals surface area contributed by atoms with Gasteiger partial charge in [0.05, 0.1) is 11.0 Å². The summed E-state index contributed by atoms with van der Waals surface area (Å²) >= 11 is 0. The van der Waals surface area contributed by atoms with E-state index < -0.39 is 5.91 Å². The largest absolute Gasteiger partial charge is 0.452 e. The number of imidazole rings is 1. The summed E-state index contributed by atoms with van der Waals surface area (Å²) in [6, 6.07) is 11.9. The van der Waals surface area contributed by atoms with Crippen LogP contribution in [-0.4, -0.2) is 32.6 Å². The second-order valence-corrected chi connectivity index (χ2v) is 6.83. The van der Waals surface area contributed by atoms with Crippen molar-refractivity contribution in [1.29, 1.82) is 0 Å². The molecule has 0 aliphatic heterocycles. The van der Waals surface area contributed by atoms with Gasteiger partial charge < -0.3 is 19.2 Å². The van der Waals surface area contributed by atoms with E-state index in [1.54, 1.807) is 6.07 Å². The second kappa shape index (κ2) is 7.11. The Morgan fingerprint density at radius 1 is 1.20 bits per heavy atom. The van der Waals surface area contributed by atoms with Gasteiger partial charge in [-0.15, -0.1) is 0 Å². The molecule has 9 heteroatoms. The summed E-state index contributed by atoms with van der Waals surface area (Å²) in [7, 11) is 0. The molecule has 0 radical (unpaired) electrons. The molecule has 2 N–H and O–H groups in total. The fraction of sp³-hybridized carbons (Fsp3) is 0.143. The van der Waals surface area contributed by atoms with Crippen LogP contribution in [0.5, 0.6) is 0 Å². The topological polar surface area (TPSA) is 110 Å². The van der Waals surface area contributed by atoms with Gasteiger partial charge in [0.2, 0.25) is 5.82 Å². The summed E-state index contributed by atoms with van der Waals surface area (Å²) in [5.74, 6) is 0.334. The molecule has 3 aromatic heterocycles. The molecular weight excluding hydrogens is 389 g/mol. The standard InChI is InChI=1S/C21H16FN5O3/c1-11-13-4-2-3-5-16(13)29-18(11)19-26-21(30-27-19)20(28)23-9-8-17-24-14-7-6-12(22)10-15(14)25-17/h2-7,10H,8-9H2,1H3,(H,23,28)(H,24,25). The summed E-state index contributed by atoms with van der Waals surface area (Å²) in [5, 5.41) is 7.53. The van der Waals surface area contributed by atoms with Gasteiger partial charge in [-0.05, 0) is 31.2 Å². The normalized spacial score (nSPS) is 11.4. The smallest absolute Gasteiger partial charge is 0.316 e. The Morgan fingerprint density at radius 3 is 2.93 bits per heavy atom. The van der Waals surface area contributed by atoms with E-state index in [1.165, 1.54) is 12.1 Å². The van der Waals surface area contributed by atoms with Crippen molar-refractivity contribution >= 4 is 27.9 Å². The SMILES string of the molecule is Cc1c(-c2noc(C(=O)NCCc3nc4ccc(F)cc4[nH]3)n2)oc2ccccc12. The number of H-pyrrole nitrogens is 1. The zero-order valence-electron chi connectivity index (χ0n) is 15.9. The number of nitrogens with zero attached hydrogens (tertiary/aromatic N) is 3. The van der Waals surface area contributed by atoms with Gasteiger partial charge in [0.25, 0.3) is 0 Å². The van der Waals surface area contributed by atoms with Crippen molar-refractivity contribution in [3.63, 3.8) is 0 Å². The molecule has 0 aliphatic rings. The fourth-order valence-electron chi connectivity index (χ4n) is 3.32. The van der Waals surface area contributed by atoms with Gasteiger partial charge >= 0.3 is 11.8 Å². The number of aromatic amines is 1. The summed E-state index contributed by atoms with van der Waals surface area (Å²) < 4.78 is 24.2. The fourth-order valence-corrected chi connectivity index (χ4v) is 3.32. The number of fused-ring (bicyclic) bond motifs is 2. The molecule has 0 bridgehead atoms. The van der Waals surface area contributed by atoms with E-state index in [9.17, 15) is 9.18 Å². The van der Waals surface area contributed by atoms with Crippen LogP contribution in [-0.2, 0) is 6.42 Å². The minimum atomic E-state index is -0.496. The van der Waals surface area contributed by atoms with Crippen LogP contribution >= 0.6 is 0 Å².